The Kier molecular flexibility index (Phi) is 11.5. The van der Waals surface area contributed by atoms with Gasteiger partial charge in [0.25, 0.3) is 0 Å². The fraction of sp³-hybridized carbons (Fsp3) is 1.00. The first-order chi connectivity index (χ1) is 16.9. The van der Waals surface area contributed by atoms with Gasteiger partial charge in [-0.2, -0.15) is 0 Å². The van der Waals surface area contributed by atoms with Crippen LogP contribution in [0, 0.1) is 0 Å². The van der Waals surface area contributed by atoms with Crippen LogP contribution in [0.3, 0.4) is 0 Å². The minimum Gasteiger partial charge on any atom is -0.410 e. The van der Waals surface area contributed by atoms with Gasteiger partial charge in [-0.15, -0.1) is 0 Å². The van der Waals surface area contributed by atoms with Crippen LogP contribution in [0.25, 0.3) is 0 Å². The Balaban J connectivity index is 0.000000201. The van der Waals surface area contributed by atoms with Gasteiger partial charge in [0.1, 0.15) is 0 Å². The molecule has 4 aliphatic rings. The van der Waals surface area contributed by atoms with Crippen molar-refractivity contribution in [3.63, 3.8) is 0 Å². The summed E-state index contributed by atoms with van der Waals surface area (Å²) in [6, 6.07) is 0. The van der Waals surface area contributed by atoms with E-state index in [0.717, 1.165) is 128 Å². The highest BCUT2D eigenvalue weighted by Gasteiger charge is 2.65. The summed E-state index contributed by atoms with van der Waals surface area (Å²) in [5.41, 5.74) is -0.852. The molecule has 0 aromatic rings. The maximum Gasteiger partial charge on any atom is 0.382 e. The first-order valence-corrected chi connectivity index (χ1v) is 24.6. The van der Waals surface area contributed by atoms with Crippen LogP contribution in [0.5, 0.6) is 0 Å². The van der Waals surface area contributed by atoms with E-state index in [-0.39, 0.29) is 22.2 Å². The van der Waals surface area contributed by atoms with Crippen LogP contribution in [0.1, 0.15) is 128 Å². The molecular weight excluding hydrogens is 529 g/mol. The Morgan fingerprint density at radius 3 is 0.528 bits per heavy atom. The average molecular weight is 581 g/mol. The van der Waals surface area contributed by atoms with Crippen molar-refractivity contribution >= 4 is 32.3 Å². The van der Waals surface area contributed by atoms with Crippen molar-refractivity contribution in [1.82, 2.24) is 0 Å². The summed E-state index contributed by atoms with van der Waals surface area (Å²) >= 11 is 0. The molecule has 0 saturated heterocycles. The smallest absolute Gasteiger partial charge is 0.382 e. The molecule has 4 saturated carbocycles. The Morgan fingerprint density at radius 1 is 0.250 bits per heavy atom. The van der Waals surface area contributed by atoms with E-state index in [0.29, 0.717) is 0 Å². The first-order valence-electron chi connectivity index (χ1n) is 14.7. The predicted molar refractivity (Wildman–Crippen MR) is 148 cm³/mol. The van der Waals surface area contributed by atoms with Crippen molar-refractivity contribution in [2.24, 2.45) is 0 Å². The highest BCUT2D eigenvalue weighted by Crippen LogP contribution is 2.45. The van der Waals surface area contributed by atoms with Gasteiger partial charge in [-0.05, 0) is 51.4 Å². The van der Waals surface area contributed by atoms with Crippen molar-refractivity contribution < 1.29 is 38.4 Å². The number of hydrogen-bond acceptors (Lipinski definition) is 8. The second-order valence-corrected chi connectivity index (χ2v) is 30.2. The van der Waals surface area contributed by atoms with E-state index in [1.807, 2.05) is 0 Å². The monoisotopic (exact) mass is 580 g/mol. The zero-order valence-electron chi connectivity index (χ0n) is 22.0. The summed E-state index contributed by atoms with van der Waals surface area (Å²) < 4.78 is 0. The molecule has 8 nitrogen and oxygen atoms in total. The lowest BCUT2D eigenvalue weighted by molar-refractivity contribution is 0.265. The van der Waals surface area contributed by atoms with Gasteiger partial charge >= 0.3 is 32.3 Å². The van der Waals surface area contributed by atoms with E-state index in [4.69, 9.17) is 0 Å². The van der Waals surface area contributed by atoms with Gasteiger partial charge in [-0.1, -0.05) is 77.0 Å². The lowest BCUT2D eigenvalue weighted by Crippen LogP contribution is -2.69. The van der Waals surface area contributed by atoms with E-state index in [1.54, 1.807) is 0 Å². The van der Waals surface area contributed by atoms with Gasteiger partial charge in [0.2, 0.25) is 0 Å². The third-order valence-corrected chi connectivity index (χ3v) is 30.2. The molecule has 0 aliphatic heterocycles. The lowest BCUT2D eigenvalue weighted by Gasteiger charge is -2.41. The van der Waals surface area contributed by atoms with Crippen molar-refractivity contribution in [3.8, 4) is 0 Å². The Hall–Kier alpha value is 0.548. The lowest BCUT2D eigenvalue weighted by atomic mass is 10.0. The van der Waals surface area contributed by atoms with Gasteiger partial charge in [0.05, 0.1) is 0 Å². The molecule has 12 heteroatoms. The number of hydrogen-bond donors (Lipinski definition) is 8. The fourth-order valence-corrected chi connectivity index (χ4v) is 25.2. The van der Waals surface area contributed by atoms with E-state index in [2.05, 4.69) is 0 Å². The van der Waals surface area contributed by atoms with E-state index < -0.39 is 32.3 Å². The highest BCUT2D eigenvalue weighted by molar-refractivity contribution is 7.31. The molecule has 212 valence electrons. The van der Waals surface area contributed by atoms with E-state index >= 15 is 0 Å². The average Bonchev–Trinajstić information content (AvgIpc) is 2.91. The molecule has 0 atom stereocenters. The number of rotatable bonds is 6. The van der Waals surface area contributed by atoms with Crippen molar-refractivity contribution in [2.45, 2.75) is 151 Å². The topological polar surface area (TPSA) is 162 Å². The Labute approximate surface area is 221 Å². The molecule has 4 rings (SSSR count). The highest BCUT2D eigenvalue weighted by atomic mass is 29.3. The maximum atomic E-state index is 10.5. The fourth-order valence-electron chi connectivity index (χ4n) is 7.22. The zero-order valence-corrected chi connectivity index (χ0v) is 26.0. The standard InChI is InChI=1S/2C12H26O4Si2/c2*13-17(14,11-7-3-1-4-8-11)18(15,16)12-9-5-2-6-10-12/h2*11-16H,1-10H2. The van der Waals surface area contributed by atoms with E-state index in [9.17, 15) is 38.4 Å². The van der Waals surface area contributed by atoms with Gasteiger partial charge in [0.15, 0.2) is 0 Å². The van der Waals surface area contributed by atoms with Crippen LogP contribution in [0.2, 0.25) is 22.2 Å². The predicted octanol–water partition coefficient (Wildman–Crippen LogP) is 3.17. The van der Waals surface area contributed by atoms with Crippen LogP contribution < -0.4 is 0 Å². The molecule has 0 bridgehead atoms. The molecule has 36 heavy (non-hydrogen) atoms. The summed E-state index contributed by atoms with van der Waals surface area (Å²) in [6.07, 6.45) is 18.6. The van der Waals surface area contributed by atoms with Crippen LogP contribution in [0.4, 0.5) is 0 Å². The summed E-state index contributed by atoms with van der Waals surface area (Å²) in [6.45, 7) is 0. The molecule has 0 radical (unpaired) electrons. The Bertz CT molecular complexity index is 543. The Morgan fingerprint density at radius 2 is 0.389 bits per heavy atom. The minimum absolute atomic E-state index is 0.213. The third kappa shape index (κ3) is 7.00. The molecule has 0 aromatic carbocycles. The first kappa shape index (κ1) is 31.1. The van der Waals surface area contributed by atoms with Gasteiger partial charge in [-0.25, -0.2) is 0 Å². The SMILES string of the molecule is O[Si](O)(C1CCCCC1)[Si](O)(O)C1CCCCC1.O[Si](O)(C1CCCCC1)[Si](O)(O)C1CCCCC1. The van der Waals surface area contributed by atoms with Gasteiger partial charge in [-0.3, -0.25) is 0 Å². The normalized spacial score (nSPS) is 25.3. The van der Waals surface area contributed by atoms with Crippen molar-refractivity contribution in [2.75, 3.05) is 0 Å². The van der Waals surface area contributed by atoms with E-state index in [1.165, 1.54) is 0 Å². The van der Waals surface area contributed by atoms with Gasteiger partial charge < -0.3 is 38.4 Å². The van der Waals surface area contributed by atoms with Gasteiger partial charge in [0, 0.05) is 22.2 Å². The molecule has 0 unspecified atom stereocenters. The van der Waals surface area contributed by atoms with Crippen LogP contribution >= 0.6 is 0 Å². The molecule has 4 fully saturated rings. The molecular formula is C24H52O8Si4. The second kappa shape index (κ2) is 13.3. The molecule has 0 amide bonds. The third-order valence-electron chi connectivity index (χ3n) is 9.78. The quantitative estimate of drug-likeness (QED) is 0.222. The van der Waals surface area contributed by atoms with Crippen molar-refractivity contribution in [3.05, 3.63) is 0 Å². The minimum atomic E-state index is -3.87. The van der Waals surface area contributed by atoms with Crippen LogP contribution in [-0.4, -0.2) is 70.7 Å². The van der Waals surface area contributed by atoms with Crippen LogP contribution in [0.15, 0.2) is 0 Å². The summed E-state index contributed by atoms with van der Waals surface area (Å²) in [5, 5.41) is 0. The second-order valence-electron chi connectivity index (χ2n) is 12.2. The molecule has 0 spiro atoms. The summed E-state index contributed by atoms with van der Waals surface area (Å²) in [4.78, 5) is 83.8. The van der Waals surface area contributed by atoms with Crippen LogP contribution in [-0.2, 0) is 0 Å². The molecule has 4 aliphatic carbocycles. The molecule has 0 aromatic heterocycles. The zero-order chi connectivity index (χ0) is 26.5. The summed E-state index contributed by atoms with van der Waals surface area (Å²) in [5.74, 6) is 0. The summed E-state index contributed by atoms with van der Waals surface area (Å²) in [7, 11) is -15.5. The largest absolute Gasteiger partial charge is 0.410 e. The molecule has 8 N–H and O–H groups in total. The maximum absolute atomic E-state index is 10.5. The van der Waals surface area contributed by atoms with Crippen molar-refractivity contribution in [1.29, 1.82) is 0 Å². The molecule has 0 heterocycles.